The largest absolute Gasteiger partial charge is 0.379 e. The van der Waals surface area contributed by atoms with Crippen LogP contribution in [0, 0.1) is 6.92 Å². The molecule has 1 aliphatic heterocycles. The van der Waals surface area contributed by atoms with Gasteiger partial charge in [-0.15, -0.1) is 12.4 Å². The number of thiazole rings is 1. The molecule has 0 atom stereocenters. The van der Waals surface area contributed by atoms with Crippen LogP contribution in [0.15, 0.2) is 36.4 Å². The molecule has 0 radical (unpaired) electrons. The molecular formula is C22H24Cl3N3O2S. The maximum absolute atomic E-state index is 13.4. The second kappa shape index (κ2) is 10.9. The molecule has 2 aromatic carbocycles. The minimum absolute atomic E-state index is 0. The fraction of sp³-hybridized carbons (Fsp3) is 0.364. The number of hydrogen-bond donors (Lipinski definition) is 0. The Labute approximate surface area is 202 Å². The number of anilines is 1. The first-order valence-electron chi connectivity index (χ1n) is 9.96. The number of aryl methyl sites for hydroxylation is 1. The van der Waals surface area contributed by atoms with E-state index in [0.29, 0.717) is 27.3 Å². The van der Waals surface area contributed by atoms with Crippen LogP contribution < -0.4 is 4.90 Å². The lowest BCUT2D eigenvalue weighted by Crippen LogP contribution is -2.39. The summed E-state index contributed by atoms with van der Waals surface area (Å²) in [5, 5.41) is 1.79. The van der Waals surface area contributed by atoms with Crippen LogP contribution in [0.1, 0.15) is 22.3 Å². The molecular weight excluding hydrogens is 477 g/mol. The number of amides is 1. The van der Waals surface area contributed by atoms with Crippen molar-refractivity contribution < 1.29 is 9.53 Å². The van der Waals surface area contributed by atoms with Crippen LogP contribution in [0.25, 0.3) is 10.2 Å². The average molecular weight is 501 g/mol. The monoisotopic (exact) mass is 499 g/mol. The van der Waals surface area contributed by atoms with Gasteiger partial charge in [-0.1, -0.05) is 46.7 Å². The Morgan fingerprint density at radius 3 is 2.71 bits per heavy atom. The summed E-state index contributed by atoms with van der Waals surface area (Å²) in [7, 11) is 0. The second-order valence-electron chi connectivity index (χ2n) is 7.31. The highest BCUT2D eigenvalue weighted by Crippen LogP contribution is 2.34. The van der Waals surface area contributed by atoms with Gasteiger partial charge in [-0.25, -0.2) is 4.98 Å². The molecule has 3 aromatic rings. The number of fused-ring (bicyclic) bond motifs is 1. The number of nitrogens with zero attached hydrogens (tertiary/aromatic N) is 3. The van der Waals surface area contributed by atoms with E-state index in [9.17, 15) is 4.79 Å². The number of benzene rings is 2. The quantitative estimate of drug-likeness (QED) is 0.435. The van der Waals surface area contributed by atoms with Gasteiger partial charge in [0.25, 0.3) is 5.91 Å². The molecule has 1 saturated heterocycles. The second-order valence-corrected chi connectivity index (χ2v) is 9.16. The molecule has 1 aromatic heterocycles. The van der Waals surface area contributed by atoms with Crippen molar-refractivity contribution in [3.05, 3.63) is 57.6 Å². The van der Waals surface area contributed by atoms with Crippen molar-refractivity contribution in [1.29, 1.82) is 0 Å². The van der Waals surface area contributed by atoms with Gasteiger partial charge in [-0.05, 0) is 43.2 Å². The summed E-state index contributed by atoms with van der Waals surface area (Å²) in [5.74, 6) is -0.134. The highest BCUT2D eigenvalue weighted by atomic mass is 35.5. The van der Waals surface area contributed by atoms with Crippen LogP contribution in [-0.4, -0.2) is 55.2 Å². The van der Waals surface area contributed by atoms with E-state index in [0.717, 1.165) is 55.0 Å². The third-order valence-electron chi connectivity index (χ3n) is 5.18. The van der Waals surface area contributed by atoms with Crippen LogP contribution in [0.3, 0.4) is 0 Å². The van der Waals surface area contributed by atoms with Gasteiger partial charge in [-0.2, -0.15) is 0 Å². The zero-order chi connectivity index (χ0) is 21.1. The Kier molecular flexibility index (Phi) is 8.56. The van der Waals surface area contributed by atoms with E-state index in [-0.39, 0.29) is 18.3 Å². The first kappa shape index (κ1) is 24.2. The third-order valence-corrected chi connectivity index (χ3v) is 6.75. The number of morpholine rings is 1. The molecule has 1 amide bonds. The number of rotatable bonds is 6. The lowest BCUT2D eigenvalue weighted by Gasteiger charge is -2.27. The molecule has 0 N–H and O–H groups in total. The molecule has 4 rings (SSSR count). The number of halogens is 3. The highest BCUT2D eigenvalue weighted by molar-refractivity contribution is 7.22. The molecule has 2 heterocycles. The molecule has 9 heteroatoms. The minimum atomic E-state index is -0.134. The lowest BCUT2D eigenvalue weighted by molar-refractivity contribution is 0.0376. The lowest BCUT2D eigenvalue weighted by atomic mass is 10.2. The van der Waals surface area contributed by atoms with Crippen LogP contribution >= 0.6 is 46.9 Å². The Morgan fingerprint density at radius 2 is 1.97 bits per heavy atom. The van der Waals surface area contributed by atoms with Gasteiger partial charge < -0.3 is 4.74 Å². The van der Waals surface area contributed by atoms with Crippen molar-refractivity contribution in [1.82, 2.24) is 9.88 Å². The first-order chi connectivity index (χ1) is 14.5. The molecule has 0 spiro atoms. The van der Waals surface area contributed by atoms with Crippen LogP contribution in [-0.2, 0) is 4.74 Å². The fourth-order valence-corrected chi connectivity index (χ4v) is 5.26. The molecule has 0 bridgehead atoms. The summed E-state index contributed by atoms with van der Waals surface area (Å²) in [6.45, 7) is 6.84. The third kappa shape index (κ3) is 5.69. The summed E-state index contributed by atoms with van der Waals surface area (Å²) < 4.78 is 6.39. The van der Waals surface area contributed by atoms with E-state index in [2.05, 4.69) is 4.90 Å². The summed E-state index contributed by atoms with van der Waals surface area (Å²) in [5.41, 5.74) is 2.36. The predicted molar refractivity (Wildman–Crippen MR) is 132 cm³/mol. The average Bonchev–Trinajstić information content (AvgIpc) is 3.16. The van der Waals surface area contributed by atoms with E-state index in [1.807, 2.05) is 31.2 Å². The van der Waals surface area contributed by atoms with Gasteiger partial charge in [0, 0.05) is 31.2 Å². The van der Waals surface area contributed by atoms with Crippen LogP contribution in [0.4, 0.5) is 5.13 Å². The van der Waals surface area contributed by atoms with Crippen LogP contribution in [0.2, 0.25) is 10.0 Å². The van der Waals surface area contributed by atoms with E-state index < -0.39 is 0 Å². The maximum atomic E-state index is 13.4. The highest BCUT2D eigenvalue weighted by Gasteiger charge is 2.24. The molecule has 1 aliphatic rings. The Hall–Kier alpha value is -1.41. The maximum Gasteiger partial charge on any atom is 0.261 e. The molecule has 5 nitrogen and oxygen atoms in total. The number of aromatic nitrogens is 1. The molecule has 0 saturated carbocycles. The Balaban J connectivity index is 0.00000272. The van der Waals surface area contributed by atoms with Crippen molar-refractivity contribution >= 4 is 68.2 Å². The molecule has 0 aliphatic carbocycles. The smallest absolute Gasteiger partial charge is 0.261 e. The molecule has 1 fully saturated rings. The minimum Gasteiger partial charge on any atom is -0.379 e. The molecule has 166 valence electrons. The number of ether oxygens (including phenoxy) is 1. The summed E-state index contributed by atoms with van der Waals surface area (Å²) in [6, 6.07) is 10.9. The Bertz CT molecular complexity index is 1050. The van der Waals surface area contributed by atoms with E-state index >= 15 is 0 Å². The van der Waals surface area contributed by atoms with Crippen molar-refractivity contribution in [3.63, 3.8) is 0 Å². The zero-order valence-corrected chi connectivity index (χ0v) is 20.3. The van der Waals surface area contributed by atoms with Gasteiger partial charge in [0.15, 0.2) is 5.13 Å². The molecule has 0 unspecified atom stereocenters. The van der Waals surface area contributed by atoms with Crippen molar-refractivity contribution in [2.45, 2.75) is 13.3 Å². The normalized spacial score (nSPS) is 14.4. The predicted octanol–water partition coefficient (Wildman–Crippen LogP) is 5.70. The topological polar surface area (TPSA) is 45.7 Å². The van der Waals surface area contributed by atoms with Gasteiger partial charge in [0.1, 0.15) is 0 Å². The van der Waals surface area contributed by atoms with Gasteiger partial charge in [0.2, 0.25) is 0 Å². The zero-order valence-electron chi connectivity index (χ0n) is 17.1. The van der Waals surface area contributed by atoms with E-state index in [4.69, 9.17) is 32.9 Å². The van der Waals surface area contributed by atoms with Gasteiger partial charge in [-0.3, -0.25) is 14.6 Å². The molecule has 31 heavy (non-hydrogen) atoms. The number of carbonyl (C=O) groups excluding carboxylic acids is 1. The standard InChI is InChI=1S/C22H23Cl2N3O2S.ClH/c1-15-13-16(23)14-19-20(15)25-22(30-19)27(8-4-7-26-9-11-29-12-10-26)21(28)17-5-2-3-6-18(17)24;/h2-3,5-6,13-14H,4,7-12H2,1H3;1H. The van der Waals surface area contributed by atoms with Crippen LogP contribution in [0.5, 0.6) is 0 Å². The van der Waals surface area contributed by atoms with Crippen molar-refractivity contribution in [2.75, 3.05) is 44.3 Å². The summed E-state index contributed by atoms with van der Waals surface area (Å²) in [4.78, 5) is 22.3. The Morgan fingerprint density at radius 1 is 1.23 bits per heavy atom. The SMILES string of the molecule is Cc1cc(Cl)cc2sc(N(CCCN3CCOCC3)C(=O)c3ccccc3Cl)nc12.Cl. The fourth-order valence-electron chi connectivity index (χ4n) is 3.60. The van der Waals surface area contributed by atoms with Crippen molar-refractivity contribution in [3.8, 4) is 0 Å². The van der Waals surface area contributed by atoms with Crippen molar-refractivity contribution in [2.24, 2.45) is 0 Å². The number of carbonyl (C=O) groups is 1. The summed E-state index contributed by atoms with van der Waals surface area (Å²) >= 11 is 14.0. The van der Waals surface area contributed by atoms with E-state index in [1.54, 1.807) is 17.0 Å². The van der Waals surface area contributed by atoms with E-state index in [1.165, 1.54) is 11.3 Å². The first-order valence-corrected chi connectivity index (χ1v) is 11.5. The van der Waals surface area contributed by atoms with Gasteiger partial charge in [0.05, 0.1) is 34.0 Å². The van der Waals surface area contributed by atoms with Gasteiger partial charge >= 0.3 is 0 Å². The number of hydrogen-bond acceptors (Lipinski definition) is 5. The summed E-state index contributed by atoms with van der Waals surface area (Å²) in [6.07, 6.45) is 0.839.